The summed E-state index contributed by atoms with van der Waals surface area (Å²) in [6, 6.07) is 13.8. The number of rotatable bonds is 9. The van der Waals surface area contributed by atoms with E-state index >= 15 is 0 Å². The van der Waals surface area contributed by atoms with Crippen LogP contribution in [0.5, 0.6) is 0 Å². The lowest BCUT2D eigenvalue weighted by Crippen LogP contribution is -2.50. The minimum atomic E-state index is -0.484. The number of benzene rings is 2. The molecular weight excluding hydrogens is 372 g/mol. The highest BCUT2D eigenvalue weighted by Gasteiger charge is 2.28. The van der Waals surface area contributed by atoms with Crippen LogP contribution in [0.3, 0.4) is 0 Å². The summed E-state index contributed by atoms with van der Waals surface area (Å²) in [6.45, 7) is 13.2. The number of nitrogens with zero attached hydrogens (tertiary/aromatic N) is 1. The molecule has 2 aromatic rings. The third kappa shape index (κ3) is 6.72. The molecule has 0 radical (unpaired) electrons. The molecule has 2 amide bonds. The van der Waals surface area contributed by atoms with Crippen LogP contribution in [0, 0.1) is 26.7 Å². The Morgan fingerprint density at radius 3 is 2.20 bits per heavy atom. The van der Waals surface area contributed by atoms with E-state index in [1.807, 2.05) is 52.0 Å². The van der Waals surface area contributed by atoms with E-state index in [0.29, 0.717) is 31.8 Å². The van der Waals surface area contributed by atoms with E-state index in [0.717, 1.165) is 22.3 Å². The van der Waals surface area contributed by atoms with Gasteiger partial charge in [0.2, 0.25) is 11.8 Å². The van der Waals surface area contributed by atoms with E-state index in [9.17, 15) is 9.59 Å². The Morgan fingerprint density at radius 1 is 0.967 bits per heavy atom. The SMILES string of the molecule is CCC(C(=O)NCC(C)C)N(Cc1ccc(C)cc1)C(=O)Cc1cc(C)ccc1C. The second-order valence-electron chi connectivity index (χ2n) is 8.68. The van der Waals surface area contributed by atoms with Crippen LogP contribution in [0.25, 0.3) is 0 Å². The molecule has 0 heterocycles. The first-order valence-corrected chi connectivity index (χ1v) is 10.9. The summed E-state index contributed by atoms with van der Waals surface area (Å²) in [4.78, 5) is 28.1. The summed E-state index contributed by atoms with van der Waals surface area (Å²) in [5.41, 5.74) is 5.46. The van der Waals surface area contributed by atoms with Gasteiger partial charge < -0.3 is 10.2 Å². The third-order valence-corrected chi connectivity index (χ3v) is 5.39. The highest BCUT2D eigenvalue weighted by atomic mass is 16.2. The van der Waals surface area contributed by atoms with Gasteiger partial charge >= 0.3 is 0 Å². The predicted molar refractivity (Wildman–Crippen MR) is 123 cm³/mol. The van der Waals surface area contributed by atoms with Crippen LogP contribution in [0.15, 0.2) is 42.5 Å². The Bertz CT molecular complexity index is 856. The molecule has 4 nitrogen and oxygen atoms in total. The quantitative estimate of drug-likeness (QED) is 0.652. The van der Waals surface area contributed by atoms with Crippen LogP contribution in [0.2, 0.25) is 0 Å². The van der Waals surface area contributed by atoms with Crippen LogP contribution >= 0.6 is 0 Å². The molecule has 0 aliphatic carbocycles. The molecule has 0 spiro atoms. The molecule has 1 unspecified atom stereocenters. The maximum atomic E-state index is 13.4. The van der Waals surface area contributed by atoms with Crippen LogP contribution in [0.1, 0.15) is 55.0 Å². The predicted octanol–water partition coefficient (Wildman–Crippen LogP) is 4.73. The van der Waals surface area contributed by atoms with Crippen molar-refractivity contribution in [1.82, 2.24) is 10.2 Å². The van der Waals surface area contributed by atoms with Gasteiger partial charge in [0.1, 0.15) is 6.04 Å². The van der Waals surface area contributed by atoms with E-state index in [1.54, 1.807) is 4.90 Å². The van der Waals surface area contributed by atoms with Gasteiger partial charge in [0, 0.05) is 13.1 Å². The number of hydrogen-bond acceptors (Lipinski definition) is 2. The zero-order valence-electron chi connectivity index (χ0n) is 19.3. The number of aryl methyl sites for hydroxylation is 3. The normalized spacial score (nSPS) is 12.0. The van der Waals surface area contributed by atoms with Crippen molar-refractivity contribution in [2.45, 2.75) is 67.0 Å². The molecule has 0 fully saturated rings. The first-order chi connectivity index (χ1) is 14.2. The Balaban J connectivity index is 2.30. The fourth-order valence-corrected chi connectivity index (χ4v) is 3.49. The summed E-state index contributed by atoms with van der Waals surface area (Å²) >= 11 is 0. The van der Waals surface area contributed by atoms with Crippen molar-refractivity contribution in [2.24, 2.45) is 5.92 Å². The average Bonchev–Trinajstić information content (AvgIpc) is 2.70. The molecular formula is C26H36N2O2. The molecule has 0 bridgehead atoms. The fourth-order valence-electron chi connectivity index (χ4n) is 3.49. The first kappa shape index (κ1) is 23.7. The van der Waals surface area contributed by atoms with Gasteiger partial charge in [-0.05, 0) is 49.8 Å². The topological polar surface area (TPSA) is 49.4 Å². The third-order valence-electron chi connectivity index (χ3n) is 5.39. The van der Waals surface area contributed by atoms with Gasteiger partial charge in [-0.1, -0.05) is 74.4 Å². The number of carbonyl (C=O) groups is 2. The summed E-state index contributed by atoms with van der Waals surface area (Å²) < 4.78 is 0. The molecule has 30 heavy (non-hydrogen) atoms. The van der Waals surface area contributed by atoms with Gasteiger partial charge in [0.15, 0.2) is 0 Å². The second kappa shape index (κ2) is 11.0. The van der Waals surface area contributed by atoms with E-state index in [-0.39, 0.29) is 11.8 Å². The maximum absolute atomic E-state index is 13.4. The molecule has 0 aliphatic heterocycles. The molecule has 2 aromatic carbocycles. The van der Waals surface area contributed by atoms with Crippen LogP contribution < -0.4 is 5.32 Å². The van der Waals surface area contributed by atoms with Crippen LogP contribution in [-0.4, -0.2) is 29.3 Å². The van der Waals surface area contributed by atoms with Gasteiger partial charge in [-0.3, -0.25) is 9.59 Å². The van der Waals surface area contributed by atoms with E-state index in [4.69, 9.17) is 0 Å². The Morgan fingerprint density at radius 2 is 1.60 bits per heavy atom. The molecule has 0 saturated carbocycles. The highest BCUT2D eigenvalue weighted by Crippen LogP contribution is 2.18. The smallest absolute Gasteiger partial charge is 0.242 e. The van der Waals surface area contributed by atoms with Gasteiger partial charge in [0.05, 0.1) is 6.42 Å². The highest BCUT2D eigenvalue weighted by molar-refractivity contribution is 5.88. The van der Waals surface area contributed by atoms with Gasteiger partial charge in [-0.25, -0.2) is 0 Å². The molecule has 4 heteroatoms. The van der Waals surface area contributed by atoms with E-state index < -0.39 is 6.04 Å². The molecule has 1 atom stereocenters. The Kier molecular flexibility index (Phi) is 8.64. The zero-order chi connectivity index (χ0) is 22.3. The summed E-state index contributed by atoms with van der Waals surface area (Å²) in [5.74, 6) is 0.270. The number of amides is 2. The van der Waals surface area contributed by atoms with Crippen LogP contribution in [0.4, 0.5) is 0 Å². The number of nitrogens with one attached hydrogen (secondary N) is 1. The molecule has 1 N–H and O–H groups in total. The van der Waals surface area contributed by atoms with Crippen molar-refractivity contribution >= 4 is 11.8 Å². The van der Waals surface area contributed by atoms with Crippen molar-refractivity contribution in [3.8, 4) is 0 Å². The maximum Gasteiger partial charge on any atom is 0.242 e. The van der Waals surface area contributed by atoms with E-state index in [2.05, 4.69) is 37.4 Å². The monoisotopic (exact) mass is 408 g/mol. The summed E-state index contributed by atoms with van der Waals surface area (Å²) in [5, 5.41) is 3.01. The van der Waals surface area contributed by atoms with Gasteiger partial charge in [-0.2, -0.15) is 0 Å². The average molecular weight is 409 g/mol. The molecule has 0 aromatic heterocycles. The van der Waals surface area contributed by atoms with Gasteiger partial charge in [0.25, 0.3) is 0 Å². The lowest BCUT2D eigenvalue weighted by Gasteiger charge is -2.31. The van der Waals surface area contributed by atoms with Gasteiger partial charge in [-0.15, -0.1) is 0 Å². The van der Waals surface area contributed by atoms with Crippen molar-refractivity contribution in [3.05, 3.63) is 70.3 Å². The minimum absolute atomic E-state index is 0.0178. The number of carbonyl (C=O) groups excluding carboxylic acids is 2. The van der Waals surface area contributed by atoms with Crippen LogP contribution in [-0.2, 0) is 22.6 Å². The standard InChI is InChI=1S/C26H36N2O2/c1-7-24(26(30)27-16-18(2)3)28(17-22-12-9-19(4)10-13-22)25(29)15-23-14-20(5)8-11-21(23)6/h8-14,18,24H,7,15-17H2,1-6H3,(H,27,30). The Hall–Kier alpha value is -2.62. The van der Waals surface area contributed by atoms with Crippen molar-refractivity contribution in [1.29, 1.82) is 0 Å². The lowest BCUT2D eigenvalue weighted by molar-refractivity contribution is -0.141. The molecule has 2 rings (SSSR count). The lowest BCUT2D eigenvalue weighted by atomic mass is 10.0. The second-order valence-corrected chi connectivity index (χ2v) is 8.68. The Labute approximate surface area is 181 Å². The summed E-state index contributed by atoms with van der Waals surface area (Å²) in [6.07, 6.45) is 0.877. The molecule has 0 aliphatic rings. The van der Waals surface area contributed by atoms with E-state index in [1.165, 1.54) is 5.56 Å². The first-order valence-electron chi connectivity index (χ1n) is 10.9. The number of hydrogen-bond donors (Lipinski definition) is 1. The van der Waals surface area contributed by atoms with Crippen molar-refractivity contribution in [3.63, 3.8) is 0 Å². The molecule has 0 saturated heterocycles. The largest absolute Gasteiger partial charge is 0.354 e. The summed E-state index contributed by atoms with van der Waals surface area (Å²) in [7, 11) is 0. The zero-order valence-corrected chi connectivity index (χ0v) is 19.3. The van der Waals surface area contributed by atoms with Crippen molar-refractivity contribution < 1.29 is 9.59 Å². The minimum Gasteiger partial charge on any atom is -0.354 e. The fraction of sp³-hybridized carbons (Fsp3) is 0.462. The molecule has 162 valence electrons. The van der Waals surface area contributed by atoms with Crippen molar-refractivity contribution in [2.75, 3.05) is 6.54 Å².